The maximum absolute atomic E-state index is 12.0. The van der Waals surface area contributed by atoms with Gasteiger partial charge < -0.3 is 14.2 Å². The fourth-order valence-electron chi connectivity index (χ4n) is 2.09. The molecule has 0 unspecified atom stereocenters. The van der Waals surface area contributed by atoms with E-state index in [1.165, 1.54) is 19.9 Å². The van der Waals surface area contributed by atoms with Gasteiger partial charge in [0.2, 0.25) is 5.88 Å². The monoisotopic (exact) mass is 360 g/mol. The van der Waals surface area contributed by atoms with E-state index in [9.17, 15) is 9.59 Å². The molecule has 0 aliphatic carbocycles. The first-order valence-electron chi connectivity index (χ1n) is 7.28. The summed E-state index contributed by atoms with van der Waals surface area (Å²) in [5.41, 5.74) is 0.366. The second kappa shape index (κ2) is 6.52. The molecule has 7 nitrogen and oxygen atoms in total. The van der Waals surface area contributed by atoms with Gasteiger partial charge in [-0.05, 0) is 29.8 Å². The van der Waals surface area contributed by atoms with Crippen molar-refractivity contribution >= 4 is 29.6 Å². The lowest BCUT2D eigenvalue weighted by atomic mass is 10.1. The van der Waals surface area contributed by atoms with Crippen molar-refractivity contribution in [3.05, 3.63) is 52.7 Å². The molecule has 0 saturated carbocycles. The molecule has 1 saturated heterocycles. The number of hydrogen-bond donors (Lipinski definition) is 0. The molecule has 1 aliphatic heterocycles. The number of cyclic esters (lactones) is 2. The predicted octanol–water partition coefficient (Wildman–Crippen LogP) is 3.14. The fourth-order valence-corrected chi connectivity index (χ4v) is 2.19. The van der Waals surface area contributed by atoms with E-state index in [1.54, 1.807) is 36.4 Å². The van der Waals surface area contributed by atoms with Crippen molar-refractivity contribution < 1.29 is 23.8 Å². The average molecular weight is 361 g/mol. The maximum Gasteiger partial charge on any atom is 0.348 e. The maximum atomic E-state index is 12.0. The second-order valence-electron chi connectivity index (χ2n) is 5.61. The van der Waals surface area contributed by atoms with Gasteiger partial charge in [0.15, 0.2) is 5.15 Å². The molecule has 0 radical (unpaired) electrons. The van der Waals surface area contributed by atoms with Gasteiger partial charge in [-0.2, -0.15) is 0 Å². The van der Waals surface area contributed by atoms with Crippen LogP contribution < -0.4 is 4.74 Å². The first kappa shape index (κ1) is 16.9. The topological polar surface area (TPSA) is 87.6 Å². The van der Waals surface area contributed by atoms with E-state index in [4.69, 9.17) is 25.8 Å². The van der Waals surface area contributed by atoms with Crippen molar-refractivity contribution in [1.29, 1.82) is 0 Å². The Morgan fingerprint density at radius 3 is 2.44 bits per heavy atom. The first-order chi connectivity index (χ1) is 11.8. The highest BCUT2D eigenvalue weighted by Crippen LogP contribution is 2.26. The Balaban J connectivity index is 1.83. The van der Waals surface area contributed by atoms with Gasteiger partial charge in [0, 0.05) is 19.9 Å². The number of carbonyl (C=O) groups excluding carboxylic acids is 2. The molecular weight excluding hydrogens is 348 g/mol. The quantitative estimate of drug-likeness (QED) is 0.472. The van der Waals surface area contributed by atoms with E-state index >= 15 is 0 Å². The summed E-state index contributed by atoms with van der Waals surface area (Å²) >= 11 is 5.67. The van der Waals surface area contributed by atoms with Gasteiger partial charge in [-0.15, -0.1) is 10.2 Å². The summed E-state index contributed by atoms with van der Waals surface area (Å²) in [6.07, 6.45) is 1.38. The zero-order valence-electron chi connectivity index (χ0n) is 13.4. The lowest BCUT2D eigenvalue weighted by Gasteiger charge is -2.29. The lowest BCUT2D eigenvalue weighted by Crippen LogP contribution is -2.41. The van der Waals surface area contributed by atoms with Crippen molar-refractivity contribution in [2.75, 3.05) is 0 Å². The minimum Gasteiger partial charge on any atom is -0.438 e. The Morgan fingerprint density at radius 2 is 1.80 bits per heavy atom. The van der Waals surface area contributed by atoms with Crippen LogP contribution >= 0.6 is 11.6 Å². The van der Waals surface area contributed by atoms with E-state index < -0.39 is 17.7 Å². The molecule has 0 N–H and O–H groups in total. The molecule has 0 bridgehead atoms. The summed E-state index contributed by atoms with van der Waals surface area (Å²) in [5.74, 6) is -2.05. The minimum atomic E-state index is -1.27. The Morgan fingerprint density at radius 1 is 1.08 bits per heavy atom. The molecular formula is C17H13ClN2O5. The Bertz CT molecular complexity index is 840. The van der Waals surface area contributed by atoms with Crippen molar-refractivity contribution in [2.45, 2.75) is 19.6 Å². The molecule has 1 aromatic heterocycles. The highest BCUT2D eigenvalue weighted by Gasteiger charge is 2.38. The Hall–Kier alpha value is -2.93. The van der Waals surface area contributed by atoms with Crippen LogP contribution in [0.25, 0.3) is 6.08 Å². The number of rotatable bonds is 3. The van der Waals surface area contributed by atoms with Gasteiger partial charge in [0.1, 0.15) is 11.3 Å². The van der Waals surface area contributed by atoms with Gasteiger partial charge in [-0.1, -0.05) is 23.7 Å². The summed E-state index contributed by atoms with van der Waals surface area (Å²) in [5, 5.41) is 7.72. The summed E-state index contributed by atoms with van der Waals surface area (Å²) in [6.45, 7) is 2.97. The smallest absolute Gasteiger partial charge is 0.348 e. The SMILES string of the molecule is CC1(C)OC(=O)C(=Cc2cccc(Oc3ccc(Cl)nn3)c2)C(=O)O1. The number of benzene rings is 1. The van der Waals surface area contributed by atoms with Gasteiger partial charge >= 0.3 is 11.9 Å². The molecule has 1 aromatic carbocycles. The predicted molar refractivity (Wildman–Crippen MR) is 87.8 cm³/mol. The van der Waals surface area contributed by atoms with Crippen LogP contribution in [-0.2, 0) is 19.1 Å². The summed E-state index contributed by atoms with van der Waals surface area (Å²) < 4.78 is 15.7. The van der Waals surface area contributed by atoms with Gasteiger partial charge in [-0.3, -0.25) is 0 Å². The van der Waals surface area contributed by atoms with E-state index in [0.29, 0.717) is 11.3 Å². The largest absolute Gasteiger partial charge is 0.438 e. The molecule has 3 rings (SSSR count). The number of nitrogens with zero attached hydrogens (tertiary/aromatic N) is 2. The van der Waals surface area contributed by atoms with Crippen LogP contribution in [0.15, 0.2) is 42.0 Å². The first-order valence-corrected chi connectivity index (χ1v) is 7.66. The Labute approximate surface area is 148 Å². The third-order valence-corrected chi connectivity index (χ3v) is 3.32. The molecule has 1 aliphatic rings. The molecule has 1 fully saturated rings. The third-order valence-electron chi connectivity index (χ3n) is 3.12. The highest BCUT2D eigenvalue weighted by atomic mass is 35.5. The molecule has 2 heterocycles. The molecule has 0 amide bonds. The van der Waals surface area contributed by atoms with Crippen LogP contribution in [0.4, 0.5) is 0 Å². The van der Waals surface area contributed by atoms with Crippen LogP contribution in [0.5, 0.6) is 11.6 Å². The Kier molecular flexibility index (Phi) is 4.41. The summed E-state index contributed by atoms with van der Waals surface area (Å²) in [7, 11) is 0. The zero-order chi connectivity index (χ0) is 18.0. The minimum absolute atomic E-state index is 0.192. The van der Waals surface area contributed by atoms with E-state index in [-0.39, 0.29) is 16.6 Å². The standard InChI is InChI=1S/C17H13ClN2O5/c1-17(2)24-15(21)12(16(22)25-17)9-10-4-3-5-11(8-10)23-14-7-6-13(18)19-20-14/h3-9H,1-2H3. The zero-order valence-corrected chi connectivity index (χ0v) is 14.1. The fraction of sp³-hybridized carbons (Fsp3) is 0.176. The van der Waals surface area contributed by atoms with Gasteiger partial charge in [0.05, 0.1) is 0 Å². The second-order valence-corrected chi connectivity index (χ2v) is 5.99. The highest BCUT2D eigenvalue weighted by molar-refractivity contribution is 6.29. The number of carbonyl (C=O) groups is 2. The van der Waals surface area contributed by atoms with Crippen LogP contribution in [0.3, 0.4) is 0 Å². The van der Waals surface area contributed by atoms with Crippen LogP contribution in [-0.4, -0.2) is 27.9 Å². The van der Waals surface area contributed by atoms with Crippen molar-refractivity contribution in [1.82, 2.24) is 10.2 Å². The number of hydrogen-bond acceptors (Lipinski definition) is 7. The van der Waals surface area contributed by atoms with Crippen LogP contribution in [0, 0.1) is 0 Å². The third kappa shape index (κ3) is 4.13. The molecule has 0 spiro atoms. The molecule has 8 heteroatoms. The van der Waals surface area contributed by atoms with Gasteiger partial charge in [-0.25, -0.2) is 9.59 Å². The molecule has 25 heavy (non-hydrogen) atoms. The molecule has 128 valence electrons. The van der Waals surface area contributed by atoms with Crippen LogP contribution in [0.2, 0.25) is 5.15 Å². The number of aromatic nitrogens is 2. The number of esters is 2. The van der Waals surface area contributed by atoms with Crippen molar-refractivity contribution in [3.8, 4) is 11.6 Å². The lowest BCUT2D eigenvalue weighted by molar-refractivity contribution is -0.222. The summed E-state index contributed by atoms with van der Waals surface area (Å²) in [4.78, 5) is 24.0. The molecule has 0 atom stereocenters. The van der Waals surface area contributed by atoms with E-state index in [2.05, 4.69) is 10.2 Å². The number of halogens is 1. The average Bonchev–Trinajstić information content (AvgIpc) is 2.53. The normalized spacial score (nSPS) is 16.0. The van der Waals surface area contributed by atoms with Crippen molar-refractivity contribution in [2.24, 2.45) is 0 Å². The molecule has 2 aromatic rings. The summed E-state index contributed by atoms with van der Waals surface area (Å²) in [6, 6.07) is 9.84. The van der Waals surface area contributed by atoms with E-state index in [1.807, 2.05) is 0 Å². The van der Waals surface area contributed by atoms with Gasteiger partial charge in [0.25, 0.3) is 5.79 Å². The number of ether oxygens (including phenoxy) is 3. The van der Waals surface area contributed by atoms with Crippen LogP contribution in [0.1, 0.15) is 19.4 Å². The van der Waals surface area contributed by atoms with E-state index in [0.717, 1.165) is 0 Å². The van der Waals surface area contributed by atoms with Crippen molar-refractivity contribution in [3.63, 3.8) is 0 Å².